The van der Waals surface area contributed by atoms with Crippen LogP contribution in [-0.2, 0) is 12.8 Å². The number of nitrogens with zero attached hydrogens (tertiary/aromatic N) is 1. The Bertz CT molecular complexity index is 1030. The third-order valence-electron chi connectivity index (χ3n) is 6.74. The molecule has 0 atom stereocenters. The summed E-state index contributed by atoms with van der Waals surface area (Å²) >= 11 is 0. The minimum absolute atomic E-state index is 0.0175. The van der Waals surface area contributed by atoms with Gasteiger partial charge in [-0.05, 0) is 90.8 Å². The number of halogens is 4. The monoisotopic (exact) mass is 413 g/mol. The third-order valence-corrected chi connectivity index (χ3v) is 6.74. The molecule has 0 N–H and O–H groups in total. The van der Waals surface area contributed by atoms with Crippen molar-refractivity contribution in [3.8, 4) is 6.07 Å². The molecular formula is C25H23F4N. The van der Waals surface area contributed by atoms with Crippen molar-refractivity contribution in [1.29, 1.82) is 5.26 Å². The lowest BCUT2D eigenvalue weighted by molar-refractivity contribution is 0.318. The standard InChI is InChI=1S/C25H23F4N/c1-2-14-3-5-15(6-4-14)17-10-22(27)24(23(28)11-17)16-7-8-19-18(9-16)12-21(26)20(13-30)25(19)29/h7,10-12,14-15H,2-6,8-9H2,1H3. The summed E-state index contributed by atoms with van der Waals surface area (Å²) in [4.78, 5) is 0. The first-order valence-corrected chi connectivity index (χ1v) is 10.5. The minimum Gasteiger partial charge on any atom is -0.206 e. The van der Waals surface area contributed by atoms with Crippen LogP contribution < -0.4 is 0 Å². The first-order chi connectivity index (χ1) is 14.4. The summed E-state index contributed by atoms with van der Waals surface area (Å²) in [7, 11) is 0. The molecule has 4 rings (SSSR count). The topological polar surface area (TPSA) is 23.8 Å². The van der Waals surface area contributed by atoms with Crippen molar-refractivity contribution < 1.29 is 17.6 Å². The van der Waals surface area contributed by atoms with Crippen LogP contribution in [0.3, 0.4) is 0 Å². The molecule has 2 aliphatic carbocycles. The summed E-state index contributed by atoms with van der Waals surface area (Å²) in [6.07, 6.45) is 6.82. The third kappa shape index (κ3) is 3.64. The Morgan fingerprint density at radius 1 is 0.967 bits per heavy atom. The van der Waals surface area contributed by atoms with Gasteiger partial charge in [-0.15, -0.1) is 0 Å². The number of allylic oxidation sites excluding steroid dienone is 2. The van der Waals surface area contributed by atoms with Crippen molar-refractivity contribution in [2.45, 2.75) is 57.8 Å². The molecule has 2 aromatic rings. The molecule has 30 heavy (non-hydrogen) atoms. The number of rotatable bonds is 3. The average molecular weight is 413 g/mol. The highest BCUT2D eigenvalue weighted by atomic mass is 19.1. The predicted octanol–water partition coefficient (Wildman–Crippen LogP) is 6.98. The van der Waals surface area contributed by atoms with E-state index in [-0.39, 0.29) is 29.9 Å². The fourth-order valence-electron chi connectivity index (χ4n) is 4.92. The Morgan fingerprint density at radius 2 is 1.63 bits per heavy atom. The molecule has 0 aliphatic heterocycles. The molecule has 0 radical (unpaired) electrons. The van der Waals surface area contributed by atoms with E-state index in [1.165, 1.54) is 18.2 Å². The molecule has 0 bridgehead atoms. The molecule has 1 fully saturated rings. The van der Waals surface area contributed by atoms with Gasteiger partial charge >= 0.3 is 0 Å². The Kier molecular flexibility index (Phi) is 5.69. The van der Waals surface area contributed by atoms with E-state index in [9.17, 15) is 17.6 Å². The number of hydrogen-bond donors (Lipinski definition) is 0. The summed E-state index contributed by atoms with van der Waals surface area (Å²) in [5.41, 5.74) is 0.851. The maximum atomic E-state index is 15.0. The molecule has 0 saturated heterocycles. The van der Waals surface area contributed by atoms with E-state index in [0.717, 1.165) is 38.2 Å². The van der Waals surface area contributed by atoms with Crippen molar-refractivity contribution >= 4 is 5.57 Å². The lowest BCUT2D eigenvalue weighted by atomic mass is 9.77. The minimum atomic E-state index is -0.950. The molecule has 2 aliphatic rings. The zero-order valence-electron chi connectivity index (χ0n) is 16.9. The lowest BCUT2D eigenvalue weighted by Crippen LogP contribution is -2.14. The smallest absolute Gasteiger partial charge is 0.147 e. The summed E-state index contributed by atoms with van der Waals surface area (Å²) in [6, 6.07) is 5.47. The second-order valence-electron chi connectivity index (χ2n) is 8.39. The molecule has 0 spiro atoms. The fourth-order valence-corrected chi connectivity index (χ4v) is 4.92. The quantitative estimate of drug-likeness (QED) is 0.498. The highest BCUT2D eigenvalue weighted by Gasteiger charge is 2.27. The van der Waals surface area contributed by atoms with Crippen LogP contribution in [0.1, 0.15) is 72.8 Å². The Morgan fingerprint density at radius 3 is 2.23 bits per heavy atom. The molecule has 156 valence electrons. The van der Waals surface area contributed by atoms with Crippen LogP contribution in [0.2, 0.25) is 0 Å². The van der Waals surface area contributed by atoms with Crippen LogP contribution in [0.5, 0.6) is 0 Å². The molecule has 0 unspecified atom stereocenters. The van der Waals surface area contributed by atoms with Gasteiger partial charge in [-0.1, -0.05) is 19.4 Å². The first kappa shape index (κ1) is 20.7. The van der Waals surface area contributed by atoms with Crippen LogP contribution in [0.4, 0.5) is 17.6 Å². The highest BCUT2D eigenvalue weighted by Crippen LogP contribution is 2.39. The van der Waals surface area contributed by atoms with Crippen LogP contribution in [0.25, 0.3) is 5.57 Å². The number of fused-ring (bicyclic) bond motifs is 1. The van der Waals surface area contributed by atoms with Gasteiger partial charge in [0.15, 0.2) is 0 Å². The van der Waals surface area contributed by atoms with Gasteiger partial charge in [0.2, 0.25) is 0 Å². The molecule has 1 saturated carbocycles. The van der Waals surface area contributed by atoms with E-state index in [1.54, 1.807) is 6.08 Å². The first-order valence-electron chi connectivity index (χ1n) is 10.5. The Labute approximate surface area is 174 Å². The van der Waals surface area contributed by atoms with Crippen molar-refractivity contribution in [2.75, 3.05) is 0 Å². The van der Waals surface area contributed by atoms with Gasteiger partial charge in [0, 0.05) is 5.56 Å². The second-order valence-corrected chi connectivity index (χ2v) is 8.39. The average Bonchev–Trinajstić information content (AvgIpc) is 2.73. The van der Waals surface area contributed by atoms with Gasteiger partial charge in [-0.3, -0.25) is 0 Å². The van der Waals surface area contributed by atoms with Crippen molar-refractivity contribution in [1.82, 2.24) is 0 Å². The zero-order chi connectivity index (χ0) is 21.4. The van der Waals surface area contributed by atoms with Gasteiger partial charge in [0.1, 0.15) is 34.9 Å². The maximum Gasteiger partial charge on any atom is 0.147 e. The van der Waals surface area contributed by atoms with E-state index < -0.39 is 28.8 Å². The molecule has 5 heteroatoms. The maximum absolute atomic E-state index is 15.0. The normalized spacial score (nSPS) is 21.0. The van der Waals surface area contributed by atoms with E-state index in [4.69, 9.17) is 5.26 Å². The van der Waals surface area contributed by atoms with Crippen LogP contribution >= 0.6 is 0 Å². The van der Waals surface area contributed by atoms with Gasteiger partial charge < -0.3 is 0 Å². The zero-order valence-corrected chi connectivity index (χ0v) is 16.9. The van der Waals surface area contributed by atoms with E-state index in [2.05, 4.69) is 6.92 Å². The van der Waals surface area contributed by atoms with E-state index in [1.807, 2.05) is 0 Å². The number of nitriles is 1. The Balaban J connectivity index is 1.62. The summed E-state index contributed by atoms with van der Waals surface area (Å²) in [6.45, 7) is 2.17. The van der Waals surface area contributed by atoms with E-state index >= 15 is 0 Å². The fraction of sp³-hybridized carbons (Fsp3) is 0.400. The molecule has 1 nitrogen and oxygen atoms in total. The summed E-state index contributed by atoms with van der Waals surface area (Å²) in [5, 5.41) is 8.92. The Hall–Kier alpha value is -2.61. The molecule has 2 aromatic carbocycles. The van der Waals surface area contributed by atoms with Crippen LogP contribution in [0.15, 0.2) is 24.3 Å². The number of hydrogen-bond acceptors (Lipinski definition) is 1. The van der Waals surface area contributed by atoms with Gasteiger partial charge in [-0.25, -0.2) is 17.6 Å². The highest BCUT2D eigenvalue weighted by molar-refractivity contribution is 5.72. The molecular weight excluding hydrogens is 390 g/mol. The molecule has 0 aromatic heterocycles. The molecule has 0 heterocycles. The van der Waals surface area contributed by atoms with Crippen molar-refractivity contribution in [3.05, 3.63) is 75.4 Å². The van der Waals surface area contributed by atoms with Gasteiger partial charge in [0.05, 0.1) is 0 Å². The number of benzene rings is 2. The van der Waals surface area contributed by atoms with Crippen LogP contribution in [0, 0.1) is 40.5 Å². The largest absolute Gasteiger partial charge is 0.206 e. The van der Waals surface area contributed by atoms with E-state index in [0.29, 0.717) is 22.6 Å². The van der Waals surface area contributed by atoms with Gasteiger partial charge in [-0.2, -0.15) is 5.26 Å². The summed E-state index contributed by atoms with van der Waals surface area (Å²) < 4.78 is 58.3. The van der Waals surface area contributed by atoms with Crippen molar-refractivity contribution in [3.63, 3.8) is 0 Å². The van der Waals surface area contributed by atoms with Crippen LogP contribution in [-0.4, -0.2) is 0 Å². The predicted molar refractivity (Wildman–Crippen MR) is 108 cm³/mol. The van der Waals surface area contributed by atoms with Crippen molar-refractivity contribution in [2.24, 2.45) is 5.92 Å². The van der Waals surface area contributed by atoms with Gasteiger partial charge in [0.25, 0.3) is 0 Å². The molecule has 0 amide bonds. The SMILES string of the molecule is CCC1CCC(c2cc(F)c(C3=CCc4c(cc(F)c(C#N)c4F)C3)c(F)c2)CC1. The lowest BCUT2D eigenvalue weighted by Gasteiger charge is -2.28. The summed E-state index contributed by atoms with van der Waals surface area (Å²) in [5.74, 6) is -2.24. The second kappa shape index (κ2) is 8.26.